The third kappa shape index (κ3) is 4.85. The lowest BCUT2D eigenvalue weighted by Gasteiger charge is -2.33. The van der Waals surface area contributed by atoms with Crippen molar-refractivity contribution in [3.05, 3.63) is 129 Å². The second-order valence-corrected chi connectivity index (χ2v) is 9.45. The van der Waals surface area contributed by atoms with Gasteiger partial charge in [0, 0.05) is 40.7 Å². The number of rotatable bonds is 6. The summed E-state index contributed by atoms with van der Waals surface area (Å²) in [5.41, 5.74) is 15.0. The minimum Gasteiger partial charge on any atom is -0.361 e. The first-order valence-corrected chi connectivity index (χ1v) is 12.8. The Morgan fingerprint density at radius 2 is 1.90 bits per heavy atom. The molecular formula is C35H26N4. The van der Waals surface area contributed by atoms with Crippen LogP contribution in [0.5, 0.6) is 0 Å². The largest absolute Gasteiger partial charge is 0.361 e. The molecule has 0 saturated heterocycles. The summed E-state index contributed by atoms with van der Waals surface area (Å²) in [5.74, 6) is 2.67. The summed E-state index contributed by atoms with van der Waals surface area (Å²) >= 11 is 0. The Morgan fingerprint density at radius 1 is 1.03 bits per heavy atom. The molecular weight excluding hydrogens is 476 g/mol. The fourth-order valence-electron chi connectivity index (χ4n) is 5.08. The molecule has 0 radical (unpaired) electrons. The van der Waals surface area contributed by atoms with Gasteiger partial charge < -0.3 is 9.80 Å². The highest BCUT2D eigenvalue weighted by Gasteiger charge is 2.22. The third-order valence-electron chi connectivity index (χ3n) is 7.06. The Labute approximate surface area is 228 Å². The number of aliphatic imine (C=N–C) groups is 2. The van der Waals surface area contributed by atoms with Crippen LogP contribution in [0.25, 0.3) is 23.5 Å². The van der Waals surface area contributed by atoms with Crippen molar-refractivity contribution in [2.45, 2.75) is 6.54 Å². The second kappa shape index (κ2) is 10.6. The van der Waals surface area contributed by atoms with Gasteiger partial charge in [0.05, 0.1) is 30.5 Å². The summed E-state index contributed by atoms with van der Waals surface area (Å²) in [6.45, 7) is 6.10. The zero-order chi connectivity index (χ0) is 26.6. The van der Waals surface area contributed by atoms with E-state index < -0.39 is 0 Å². The zero-order valence-electron chi connectivity index (χ0n) is 21.5. The molecule has 0 atom stereocenters. The summed E-state index contributed by atoms with van der Waals surface area (Å²) < 4.78 is 0. The molecule has 39 heavy (non-hydrogen) atoms. The van der Waals surface area contributed by atoms with Crippen LogP contribution in [0.2, 0.25) is 0 Å². The van der Waals surface area contributed by atoms with Gasteiger partial charge in [0.1, 0.15) is 0 Å². The molecule has 0 unspecified atom stereocenters. The molecule has 4 nitrogen and oxygen atoms in total. The number of hydrogen-bond acceptors (Lipinski definition) is 4. The van der Waals surface area contributed by atoms with E-state index in [0.717, 1.165) is 61.9 Å². The Kier molecular flexibility index (Phi) is 6.52. The fraction of sp³-hybridized carbons (Fsp3) is 0.0857. The number of nitrogens with zero attached hydrogens (tertiary/aromatic N) is 4. The van der Waals surface area contributed by atoms with Gasteiger partial charge in [0.15, 0.2) is 0 Å². The standard InChI is InChI=1S/C35H26N4/c1-3-26-13-15-27(16-14-26)23-39-25-37-20-19-31(39)24-38-21-7-12-33-34(38)18-17-32(35(33)36-2)30-11-6-10-28-8-4-5-9-29(28)22-30/h1,4-9,11-18,20,22,25H,2,21,23-24H2. The Balaban J connectivity index is 1.30. The molecule has 186 valence electrons. The van der Waals surface area contributed by atoms with Crippen molar-refractivity contribution in [2.24, 2.45) is 9.98 Å². The lowest BCUT2D eigenvalue weighted by Crippen LogP contribution is -2.34. The molecule has 4 heteroatoms. The molecule has 0 bridgehead atoms. The van der Waals surface area contributed by atoms with Gasteiger partial charge in [0.25, 0.3) is 0 Å². The van der Waals surface area contributed by atoms with Crippen molar-refractivity contribution < 1.29 is 0 Å². The van der Waals surface area contributed by atoms with Gasteiger partial charge in [-0.05, 0) is 65.6 Å². The van der Waals surface area contributed by atoms with Gasteiger partial charge in [-0.15, -0.1) is 12.2 Å². The topological polar surface area (TPSA) is 31.2 Å². The molecule has 3 aromatic carbocycles. The lowest BCUT2D eigenvalue weighted by molar-refractivity contribution is 0.506. The summed E-state index contributed by atoms with van der Waals surface area (Å²) in [4.78, 5) is 13.3. The van der Waals surface area contributed by atoms with E-state index in [1.807, 2.05) is 30.6 Å². The predicted octanol–water partition coefficient (Wildman–Crippen LogP) is 5.19. The van der Waals surface area contributed by atoms with E-state index >= 15 is 0 Å². The van der Waals surface area contributed by atoms with E-state index in [-0.39, 0.29) is 0 Å². The maximum Gasteiger partial charge on any atom is 0.0962 e. The number of allylic oxidation sites excluding steroid dienone is 3. The highest BCUT2D eigenvalue weighted by molar-refractivity contribution is 5.98. The molecule has 6 rings (SSSR count). The van der Waals surface area contributed by atoms with E-state index in [1.54, 1.807) is 6.20 Å². The van der Waals surface area contributed by atoms with Crippen LogP contribution in [0.15, 0.2) is 107 Å². The molecule has 0 fully saturated rings. The molecule has 0 aromatic heterocycles. The minimum absolute atomic E-state index is 0.679. The maximum absolute atomic E-state index is 5.52. The van der Waals surface area contributed by atoms with Crippen LogP contribution >= 0.6 is 0 Å². The van der Waals surface area contributed by atoms with E-state index in [2.05, 4.69) is 111 Å². The summed E-state index contributed by atoms with van der Waals surface area (Å²) in [5, 5.41) is 2.21. The van der Waals surface area contributed by atoms with Crippen LogP contribution < -0.4 is 15.3 Å². The normalized spacial score (nSPS) is 14.7. The maximum atomic E-state index is 5.52. The lowest BCUT2D eigenvalue weighted by atomic mass is 9.95. The van der Waals surface area contributed by atoms with Gasteiger partial charge in [-0.2, -0.15) is 0 Å². The number of benzene rings is 3. The van der Waals surface area contributed by atoms with Gasteiger partial charge in [-0.1, -0.05) is 60.2 Å². The first-order valence-electron chi connectivity index (χ1n) is 12.8. The van der Waals surface area contributed by atoms with Crippen molar-refractivity contribution in [1.29, 1.82) is 0 Å². The zero-order valence-corrected chi connectivity index (χ0v) is 21.5. The summed E-state index contributed by atoms with van der Waals surface area (Å²) in [6, 6.07) is 20.7. The average molecular weight is 503 g/mol. The van der Waals surface area contributed by atoms with Crippen LogP contribution in [-0.4, -0.2) is 31.0 Å². The highest BCUT2D eigenvalue weighted by Crippen LogP contribution is 2.40. The molecule has 0 spiro atoms. The summed E-state index contributed by atoms with van der Waals surface area (Å²) in [7, 11) is 0. The average Bonchev–Trinajstić information content (AvgIpc) is 3.20. The molecule has 2 aliphatic heterocycles. The first kappa shape index (κ1) is 24.0. The SMILES string of the molecule is C#Cc1ccc(CN2C=NC=C=C2CN2CC=Cc3c2ccc(C2=CC=C=c4ccccc4=C2)c3N=C)cc1. The Bertz CT molecular complexity index is 1830. The van der Waals surface area contributed by atoms with Crippen molar-refractivity contribution in [3.8, 4) is 12.3 Å². The van der Waals surface area contributed by atoms with Gasteiger partial charge in [0.2, 0.25) is 0 Å². The highest BCUT2D eigenvalue weighted by atomic mass is 15.2. The molecule has 3 aromatic rings. The van der Waals surface area contributed by atoms with E-state index in [1.165, 1.54) is 0 Å². The van der Waals surface area contributed by atoms with Crippen molar-refractivity contribution in [3.63, 3.8) is 0 Å². The molecule has 1 aliphatic carbocycles. The van der Waals surface area contributed by atoms with Crippen LogP contribution in [0, 0.1) is 12.3 Å². The van der Waals surface area contributed by atoms with E-state index in [0.29, 0.717) is 13.1 Å². The van der Waals surface area contributed by atoms with Gasteiger partial charge in [-0.25, -0.2) is 4.99 Å². The smallest absolute Gasteiger partial charge is 0.0962 e. The van der Waals surface area contributed by atoms with Crippen molar-refractivity contribution in [1.82, 2.24) is 4.90 Å². The van der Waals surface area contributed by atoms with Crippen molar-refractivity contribution in [2.75, 3.05) is 18.0 Å². The molecule has 0 amide bonds. The van der Waals surface area contributed by atoms with Gasteiger partial charge in [-0.3, -0.25) is 4.99 Å². The molecule has 3 aliphatic rings. The predicted molar refractivity (Wildman–Crippen MR) is 163 cm³/mol. The number of terminal acetylenes is 1. The monoisotopic (exact) mass is 502 g/mol. The fourth-order valence-corrected chi connectivity index (χ4v) is 5.08. The second-order valence-electron chi connectivity index (χ2n) is 9.45. The van der Waals surface area contributed by atoms with Crippen LogP contribution in [0.1, 0.15) is 22.3 Å². The number of hydrogen-bond donors (Lipinski definition) is 0. The van der Waals surface area contributed by atoms with Crippen molar-refractivity contribution >= 4 is 47.9 Å². The molecule has 0 N–H and O–H groups in total. The third-order valence-corrected chi connectivity index (χ3v) is 7.06. The first-order chi connectivity index (χ1) is 19.2. The summed E-state index contributed by atoms with van der Waals surface area (Å²) in [6.07, 6.45) is 19.7. The quantitative estimate of drug-likeness (QED) is 0.264. The van der Waals surface area contributed by atoms with E-state index in [9.17, 15) is 0 Å². The van der Waals surface area contributed by atoms with Crippen LogP contribution in [0.3, 0.4) is 0 Å². The molecule has 0 saturated carbocycles. The number of fused-ring (bicyclic) bond motifs is 2. The van der Waals surface area contributed by atoms with Gasteiger partial charge >= 0.3 is 0 Å². The Morgan fingerprint density at radius 3 is 2.74 bits per heavy atom. The Hall–Kier alpha value is -5.32. The van der Waals surface area contributed by atoms with Crippen LogP contribution in [0.4, 0.5) is 11.4 Å². The minimum atomic E-state index is 0.679. The number of anilines is 1. The van der Waals surface area contributed by atoms with E-state index in [4.69, 9.17) is 6.42 Å². The molecule has 2 heterocycles. The van der Waals surface area contributed by atoms with Crippen LogP contribution in [-0.2, 0) is 6.54 Å².